The number of halogens is 2. The lowest BCUT2D eigenvalue weighted by Gasteiger charge is -2.12. The van der Waals surface area contributed by atoms with Gasteiger partial charge >= 0.3 is 11.9 Å². The van der Waals surface area contributed by atoms with E-state index in [0.29, 0.717) is 21.5 Å². The van der Waals surface area contributed by atoms with Crippen molar-refractivity contribution in [2.75, 3.05) is 18.5 Å². The highest BCUT2D eigenvalue weighted by Crippen LogP contribution is 2.24. The molecule has 0 atom stereocenters. The van der Waals surface area contributed by atoms with E-state index in [1.54, 1.807) is 38.1 Å². The van der Waals surface area contributed by atoms with E-state index >= 15 is 0 Å². The lowest BCUT2D eigenvalue weighted by molar-refractivity contribution is -0.146. The summed E-state index contributed by atoms with van der Waals surface area (Å²) in [4.78, 5) is 24.1. The highest BCUT2D eigenvalue weighted by Gasteiger charge is 2.26. The van der Waals surface area contributed by atoms with Crippen molar-refractivity contribution in [2.24, 2.45) is 0 Å². The van der Waals surface area contributed by atoms with Crippen molar-refractivity contribution in [1.82, 2.24) is 0 Å². The average Bonchev–Trinajstić information content (AvgIpc) is 2.46. The van der Waals surface area contributed by atoms with Gasteiger partial charge in [-0.15, -0.1) is 0 Å². The molecule has 0 aromatic heterocycles. The van der Waals surface area contributed by atoms with Crippen LogP contribution in [0.5, 0.6) is 0 Å². The quantitative estimate of drug-likeness (QED) is 0.250. The lowest BCUT2D eigenvalue weighted by Crippen LogP contribution is -2.20. The number of ether oxygens (including phenoxy) is 2. The molecule has 114 valence electrons. The zero-order valence-electron chi connectivity index (χ0n) is 11.8. The van der Waals surface area contributed by atoms with Gasteiger partial charge in [-0.25, -0.2) is 9.59 Å². The number of carbonyl (C=O) groups excluding carboxylic acids is 2. The van der Waals surface area contributed by atoms with Gasteiger partial charge in [0, 0.05) is 10.4 Å². The molecule has 0 spiro atoms. The number of rotatable bonds is 6. The minimum atomic E-state index is -0.694. The van der Waals surface area contributed by atoms with Crippen molar-refractivity contribution in [2.45, 2.75) is 13.8 Å². The Morgan fingerprint density at radius 3 is 1.90 bits per heavy atom. The molecule has 1 aromatic carbocycles. The van der Waals surface area contributed by atoms with Gasteiger partial charge in [-0.3, -0.25) is 0 Å². The molecule has 1 aromatic rings. The third kappa shape index (κ3) is 4.86. The van der Waals surface area contributed by atoms with E-state index in [9.17, 15) is 9.59 Å². The van der Waals surface area contributed by atoms with Crippen molar-refractivity contribution in [3.05, 3.63) is 40.4 Å². The Morgan fingerprint density at radius 1 is 1.05 bits per heavy atom. The van der Waals surface area contributed by atoms with E-state index in [1.807, 2.05) is 0 Å². The summed E-state index contributed by atoms with van der Waals surface area (Å²) in [6, 6.07) is 6.84. The first-order valence-corrected chi connectivity index (χ1v) is 7.94. The molecule has 0 unspecified atom stereocenters. The van der Waals surface area contributed by atoms with Gasteiger partial charge in [-0.1, -0.05) is 39.7 Å². The third-order valence-electron chi connectivity index (χ3n) is 2.59. The Bertz CT molecular complexity index is 517. The van der Waals surface area contributed by atoms with Crippen LogP contribution in [0.1, 0.15) is 19.4 Å². The molecule has 0 saturated carbocycles. The van der Waals surface area contributed by atoms with Crippen LogP contribution in [0.2, 0.25) is 5.02 Å². The summed E-state index contributed by atoms with van der Waals surface area (Å²) in [5, 5.41) is 0.878. The Morgan fingerprint density at radius 2 is 1.52 bits per heavy atom. The lowest BCUT2D eigenvalue weighted by atomic mass is 10.0. The molecule has 0 bridgehead atoms. The second-order valence-electron chi connectivity index (χ2n) is 3.94. The maximum Gasteiger partial charge on any atom is 0.345 e. The minimum absolute atomic E-state index is 0.0992. The fourth-order valence-corrected chi connectivity index (χ4v) is 2.41. The number of hydrogen-bond acceptors (Lipinski definition) is 4. The van der Waals surface area contributed by atoms with Crippen molar-refractivity contribution in [3.63, 3.8) is 0 Å². The molecule has 0 aliphatic rings. The molecule has 0 saturated heterocycles. The van der Waals surface area contributed by atoms with Gasteiger partial charge < -0.3 is 9.47 Å². The van der Waals surface area contributed by atoms with Gasteiger partial charge in [0.25, 0.3) is 0 Å². The number of benzene rings is 1. The topological polar surface area (TPSA) is 52.6 Å². The van der Waals surface area contributed by atoms with Gasteiger partial charge in [0.05, 0.1) is 13.2 Å². The molecular formula is C15H16BrClO4. The average molecular weight is 376 g/mol. The van der Waals surface area contributed by atoms with E-state index in [0.717, 1.165) is 0 Å². The summed E-state index contributed by atoms with van der Waals surface area (Å²) in [6.07, 6.45) is 0. The second kappa shape index (κ2) is 8.85. The molecule has 1 rings (SSSR count). The number of allylic oxidation sites excluding steroid dienone is 1. The third-order valence-corrected chi connectivity index (χ3v) is 3.40. The minimum Gasteiger partial charge on any atom is -0.462 e. The van der Waals surface area contributed by atoms with E-state index in [1.165, 1.54) is 0 Å². The SMILES string of the molecule is CCOC(=O)C(C(=O)OCC)=C(CBr)c1ccc(Cl)cc1. The summed E-state index contributed by atoms with van der Waals surface area (Å²) in [6.45, 7) is 3.71. The van der Waals surface area contributed by atoms with Crippen molar-refractivity contribution in [3.8, 4) is 0 Å². The van der Waals surface area contributed by atoms with Crippen LogP contribution in [-0.4, -0.2) is 30.5 Å². The molecule has 0 aliphatic carbocycles. The molecule has 4 nitrogen and oxygen atoms in total. The first-order chi connectivity index (χ1) is 10.0. The smallest absolute Gasteiger partial charge is 0.345 e. The molecule has 21 heavy (non-hydrogen) atoms. The zero-order valence-corrected chi connectivity index (χ0v) is 14.2. The Hall–Kier alpha value is -1.33. The van der Waals surface area contributed by atoms with Crippen LogP contribution in [0.25, 0.3) is 5.57 Å². The monoisotopic (exact) mass is 374 g/mol. The number of carbonyl (C=O) groups is 2. The summed E-state index contributed by atoms with van der Waals surface area (Å²) in [7, 11) is 0. The summed E-state index contributed by atoms with van der Waals surface area (Å²) >= 11 is 9.16. The number of esters is 2. The summed E-state index contributed by atoms with van der Waals surface area (Å²) in [5.41, 5.74) is 1.11. The zero-order chi connectivity index (χ0) is 15.8. The van der Waals surface area contributed by atoms with Crippen LogP contribution >= 0.6 is 27.5 Å². The summed E-state index contributed by atoms with van der Waals surface area (Å²) in [5.74, 6) is -1.39. The molecular weight excluding hydrogens is 360 g/mol. The first-order valence-electron chi connectivity index (χ1n) is 6.44. The van der Waals surface area contributed by atoms with Gasteiger partial charge in [-0.2, -0.15) is 0 Å². The van der Waals surface area contributed by atoms with Crippen molar-refractivity contribution < 1.29 is 19.1 Å². The van der Waals surface area contributed by atoms with Gasteiger partial charge in [0.1, 0.15) is 5.57 Å². The van der Waals surface area contributed by atoms with E-state index < -0.39 is 11.9 Å². The molecule has 0 aliphatic heterocycles. The standard InChI is InChI=1S/C15H16BrClO4/c1-3-20-14(18)13(15(19)21-4-2)12(9-16)10-5-7-11(17)8-6-10/h5-8H,3-4,9H2,1-2H3. The van der Waals surface area contributed by atoms with Gasteiger partial charge in [0.2, 0.25) is 0 Å². The number of alkyl halides is 1. The Balaban J connectivity index is 3.36. The predicted octanol–water partition coefficient (Wildman–Crippen LogP) is 3.61. The molecule has 0 radical (unpaired) electrons. The fourth-order valence-electron chi connectivity index (χ4n) is 1.68. The van der Waals surface area contributed by atoms with Crippen molar-refractivity contribution >= 4 is 45.0 Å². The van der Waals surface area contributed by atoms with Gasteiger partial charge in [-0.05, 0) is 37.1 Å². The summed E-state index contributed by atoms with van der Waals surface area (Å²) < 4.78 is 9.91. The highest BCUT2D eigenvalue weighted by molar-refractivity contribution is 9.09. The molecule has 0 amide bonds. The number of hydrogen-bond donors (Lipinski definition) is 0. The van der Waals surface area contributed by atoms with E-state index in [2.05, 4.69) is 15.9 Å². The Labute approximate surface area is 137 Å². The largest absolute Gasteiger partial charge is 0.462 e. The Kier molecular flexibility index (Phi) is 7.47. The normalized spacial score (nSPS) is 9.90. The maximum absolute atomic E-state index is 12.1. The predicted molar refractivity (Wildman–Crippen MR) is 85.4 cm³/mol. The molecule has 6 heteroatoms. The van der Waals surface area contributed by atoms with Crippen LogP contribution in [0.3, 0.4) is 0 Å². The first kappa shape index (κ1) is 17.7. The highest BCUT2D eigenvalue weighted by atomic mass is 79.9. The van der Waals surface area contributed by atoms with Crippen LogP contribution in [0.15, 0.2) is 29.8 Å². The molecule has 0 N–H and O–H groups in total. The van der Waals surface area contributed by atoms with Crippen LogP contribution in [0, 0.1) is 0 Å². The van der Waals surface area contributed by atoms with E-state index in [-0.39, 0.29) is 18.8 Å². The van der Waals surface area contributed by atoms with Crippen molar-refractivity contribution in [1.29, 1.82) is 0 Å². The van der Waals surface area contributed by atoms with Gasteiger partial charge in [0.15, 0.2) is 0 Å². The maximum atomic E-state index is 12.1. The van der Waals surface area contributed by atoms with Crippen LogP contribution in [-0.2, 0) is 19.1 Å². The second-order valence-corrected chi connectivity index (χ2v) is 4.93. The van der Waals surface area contributed by atoms with E-state index in [4.69, 9.17) is 21.1 Å². The molecule has 0 heterocycles. The van der Waals surface area contributed by atoms with Crippen LogP contribution in [0.4, 0.5) is 0 Å². The van der Waals surface area contributed by atoms with Crippen LogP contribution < -0.4 is 0 Å². The molecule has 0 fully saturated rings. The fraction of sp³-hybridized carbons (Fsp3) is 0.333.